The Bertz CT molecular complexity index is 843. The van der Waals surface area contributed by atoms with Crippen molar-refractivity contribution >= 4 is 21.5 Å². The molecule has 6 heteroatoms. The number of hydrogen-bond acceptors (Lipinski definition) is 3. The molecular weight excluding hydrogens is 329 g/mol. The smallest absolute Gasteiger partial charge is 0.233 e. The van der Waals surface area contributed by atoms with Crippen LogP contribution in [-0.2, 0) is 16.4 Å². The number of aryl methyl sites for hydroxylation is 1. The fourth-order valence-corrected chi connectivity index (χ4v) is 3.55. The summed E-state index contributed by atoms with van der Waals surface area (Å²) < 4.78 is 40.2. The van der Waals surface area contributed by atoms with Crippen LogP contribution in [0.3, 0.4) is 0 Å². The molecule has 0 saturated heterocycles. The molecule has 3 rings (SSSR count). The number of carbonyl (C=O) groups is 1. The minimum Gasteiger partial charge on any atom is -0.294 e. The molecule has 1 N–H and O–H groups in total. The van der Waals surface area contributed by atoms with E-state index in [1.807, 2.05) is 0 Å². The molecule has 0 aromatic heterocycles. The van der Waals surface area contributed by atoms with Crippen molar-refractivity contribution in [3.63, 3.8) is 0 Å². The molecule has 0 bridgehead atoms. The van der Waals surface area contributed by atoms with Crippen LogP contribution in [0, 0.1) is 11.7 Å². The largest absolute Gasteiger partial charge is 0.294 e. The first-order valence-corrected chi connectivity index (χ1v) is 9.48. The van der Waals surface area contributed by atoms with Gasteiger partial charge in [0.1, 0.15) is 5.82 Å². The zero-order valence-corrected chi connectivity index (χ0v) is 13.9. The van der Waals surface area contributed by atoms with Crippen LogP contribution in [0.2, 0.25) is 0 Å². The van der Waals surface area contributed by atoms with Gasteiger partial charge in [0.15, 0.2) is 5.78 Å². The highest BCUT2D eigenvalue weighted by Crippen LogP contribution is 2.32. The van der Waals surface area contributed by atoms with Gasteiger partial charge in [0.2, 0.25) is 10.0 Å². The van der Waals surface area contributed by atoms with Crippen LogP contribution in [0.4, 0.5) is 10.1 Å². The number of rotatable bonds is 7. The Kier molecular flexibility index (Phi) is 4.66. The molecule has 4 nitrogen and oxygen atoms in total. The third-order valence-corrected chi connectivity index (χ3v) is 5.28. The molecule has 2 aromatic rings. The van der Waals surface area contributed by atoms with Crippen molar-refractivity contribution in [2.45, 2.75) is 19.3 Å². The normalized spacial score (nSPS) is 14.4. The Morgan fingerprint density at radius 1 is 1.08 bits per heavy atom. The van der Waals surface area contributed by atoms with Crippen molar-refractivity contribution in [2.24, 2.45) is 5.92 Å². The molecule has 0 unspecified atom stereocenters. The van der Waals surface area contributed by atoms with Gasteiger partial charge in [-0.3, -0.25) is 9.52 Å². The average Bonchev–Trinajstić information content (AvgIpc) is 3.39. The summed E-state index contributed by atoms with van der Waals surface area (Å²) in [5.74, 6) is -0.371. The standard InChI is InChI=1S/C18H18FNO3S/c19-17-4-2-1-3-13(17)11-12-24(22,23)20-16-9-7-15(8-10-16)18(21)14-5-6-14/h1-4,7-10,14,20H,5-6,11-12H2. The van der Waals surface area contributed by atoms with Crippen LogP contribution in [-0.4, -0.2) is 20.0 Å². The quantitative estimate of drug-likeness (QED) is 0.781. The van der Waals surface area contributed by atoms with Gasteiger partial charge < -0.3 is 0 Å². The van der Waals surface area contributed by atoms with E-state index in [1.54, 1.807) is 42.5 Å². The molecule has 1 aliphatic rings. The number of nitrogens with one attached hydrogen (secondary N) is 1. The lowest BCUT2D eigenvalue weighted by atomic mass is 10.1. The minimum absolute atomic E-state index is 0.0975. The predicted molar refractivity (Wildman–Crippen MR) is 91.0 cm³/mol. The highest BCUT2D eigenvalue weighted by atomic mass is 32.2. The molecule has 0 heterocycles. The molecular formula is C18H18FNO3S. The molecule has 0 atom stereocenters. The van der Waals surface area contributed by atoms with Crippen molar-refractivity contribution < 1.29 is 17.6 Å². The van der Waals surface area contributed by atoms with Gasteiger partial charge in [-0.1, -0.05) is 18.2 Å². The summed E-state index contributed by atoms with van der Waals surface area (Å²) >= 11 is 0. The monoisotopic (exact) mass is 347 g/mol. The highest BCUT2D eigenvalue weighted by Gasteiger charge is 2.30. The summed E-state index contributed by atoms with van der Waals surface area (Å²) in [6.07, 6.45) is 1.97. The fourth-order valence-electron chi connectivity index (χ4n) is 2.46. The molecule has 2 aromatic carbocycles. The lowest BCUT2D eigenvalue weighted by Crippen LogP contribution is -2.18. The Morgan fingerprint density at radius 3 is 2.38 bits per heavy atom. The average molecular weight is 347 g/mol. The van der Waals surface area contributed by atoms with Crippen molar-refractivity contribution in [2.75, 3.05) is 10.5 Å². The number of ketones is 1. The van der Waals surface area contributed by atoms with Gasteiger partial charge in [-0.2, -0.15) is 0 Å². The maximum atomic E-state index is 13.5. The van der Waals surface area contributed by atoms with Crippen LogP contribution >= 0.6 is 0 Å². The SMILES string of the molecule is O=C(c1ccc(NS(=O)(=O)CCc2ccccc2F)cc1)C1CC1. The van der Waals surface area contributed by atoms with Crippen LogP contribution < -0.4 is 4.72 Å². The summed E-state index contributed by atoms with van der Waals surface area (Å²) in [7, 11) is -3.59. The molecule has 126 valence electrons. The second-order valence-electron chi connectivity index (χ2n) is 5.98. The van der Waals surface area contributed by atoms with Crippen LogP contribution in [0.1, 0.15) is 28.8 Å². The molecule has 0 radical (unpaired) electrons. The number of Topliss-reactive ketones (excluding diaryl/α,β-unsaturated/α-hetero) is 1. The Labute approximate surface area is 140 Å². The van der Waals surface area contributed by atoms with E-state index in [4.69, 9.17) is 0 Å². The first kappa shape index (κ1) is 16.6. The molecule has 0 aliphatic heterocycles. The minimum atomic E-state index is -3.59. The van der Waals surface area contributed by atoms with E-state index in [0.29, 0.717) is 16.8 Å². The Hall–Kier alpha value is -2.21. The zero-order chi connectivity index (χ0) is 17.2. The van der Waals surface area contributed by atoms with Gasteiger partial charge in [-0.25, -0.2) is 12.8 Å². The van der Waals surface area contributed by atoms with E-state index in [1.165, 1.54) is 6.07 Å². The van der Waals surface area contributed by atoms with Gasteiger partial charge in [-0.15, -0.1) is 0 Å². The fraction of sp³-hybridized carbons (Fsp3) is 0.278. The first-order chi connectivity index (χ1) is 11.4. The number of carbonyl (C=O) groups excluding carboxylic acids is 1. The zero-order valence-electron chi connectivity index (χ0n) is 13.0. The van der Waals surface area contributed by atoms with Gasteiger partial charge in [0.05, 0.1) is 5.75 Å². The number of halogens is 1. The van der Waals surface area contributed by atoms with E-state index in [9.17, 15) is 17.6 Å². The Morgan fingerprint density at radius 2 is 1.75 bits per heavy atom. The van der Waals surface area contributed by atoms with E-state index in [2.05, 4.69) is 4.72 Å². The summed E-state index contributed by atoms with van der Waals surface area (Å²) in [5, 5.41) is 0. The second-order valence-corrected chi connectivity index (χ2v) is 7.82. The number of hydrogen-bond donors (Lipinski definition) is 1. The van der Waals surface area contributed by atoms with Gasteiger partial charge in [0.25, 0.3) is 0 Å². The van der Waals surface area contributed by atoms with Crippen molar-refractivity contribution in [3.05, 3.63) is 65.5 Å². The van der Waals surface area contributed by atoms with E-state index < -0.39 is 15.8 Å². The van der Waals surface area contributed by atoms with Crippen molar-refractivity contribution in [1.82, 2.24) is 0 Å². The van der Waals surface area contributed by atoms with Crippen LogP contribution in [0.15, 0.2) is 48.5 Å². The maximum Gasteiger partial charge on any atom is 0.233 e. The number of benzene rings is 2. The predicted octanol–water partition coefficient (Wildman–Crippen LogP) is 3.40. The highest BCUT2D eigenvalue weighted by molar-refractivity contribution is 7.92. The lowest BCUT2D eigenvalue weighted by Gasteiger charge is -2.09. The third-order valence-electron chi connectivity index (χ3n) is 3.99. The molecule has 1 aliphatic carbocycles. The third kappa shape index (κ3) is 4.20. The maximum absolute atomic E-state index is 13.5. The summed E-state index contributed by atoms with van der Waals surface area (Å²) in [4.78, 5) is 11.9. The first-order valence-electron chi connectivity index (χ1n) is 7.83. The number of sulfonamides is 1. The van der Waals surface area contributed by atoms with Gasteiger partial charge in [0, 0.05) is 17.2 Å². The summed E-state index contributed by atoms with van der Waals surface area (Å²) in [6.45, 7) is 0. The number of anilines is 1. The van der Waals surface area contributed by atoms with E-state index in [-0.39, 0.29) is 23.9 Å². The second kappa shape index (κ2) is 6.73. The van der Waals surface area contributed by atoms with Gasteiger partial charge in [-0.05, 0) is 55.2 Å². The molecule has 1 fully saturated rings. The lowest BCUT2D eigenvalue weighted by molar-refractivity contribution is 0.0967. The van der Waals surface area contributed by atoms with E-state index in [0.717, 1.165) is 12.8 Å². The molecule has 1 saturated carbocycles. The van der Waals surface area contributed by atoms with Gasteiger partial charge >= 0.3 is 0 Å². The van der Waals surface area contributed by atoms with Crippen LogP contribution in [0.25, 0.3) is 0 Å². The molecule has 0 amide bonds. The Balaban J connectivity index is 1.61. The summed E-state index contributed by atoms with van der Waals surface area (Å²) in [5.41, 5.74) is 1.37. The van der Waals surface area contributed by atoms with E-state index >= 15 is 0 Å². The van der Waals surface area contributed by atoms with Crippen molar-refractivity contribution in [3.8, 4) is 0 Å². The summed E-state index contributed by atoms with van der Waals surface area (Å²) in [6, 6.07) is 12.6. The van der Waals surface area contributed by atoms with Crippen molar-refractivity contribution in [1.29, 1.82) is 0 Å². The molecule has 0 spiro atoms. The topological polar surface area (TPSA) is 63.2 Å². The van der Waals surface area contributed by atoms with Crippen LogP contribution in [0.5, 0.6) is 0 Å². The molecule has 24 heavy (non-hydrogen) atoms.